The largest absolute Gasteiger partial charge is 0.507 e. The normalized spacial score (nSPS) is 16.5. The third kappa shape index (κ3) is 5.44. The molecule has 1 aliphatic rings. The molecule has 1 fully saturated rings. The van der Waals surface area contributed by atoms with E-state index in [2.05, 4.69) is 6.92 Å². The third-order valence-electron chi connectivity index (χ3n) is 7.13. The Morgan fingerprint density at radius 3 is 2.41 bits per heavy atom. The van der Waals surface area contributed by atoms with Crippen LogP contribution in [-0.2, 0) is 9.59 Å². The van der Waals surface area contributed by atoms with Gasteiger partial charge in [-0.25, -0.2) is 4.98 Å². The molecule has 1 atom stereocenters. The smallest absolute Gasteiger partial charge is 0.301 e. The number of fused-ring (bicyclic) bond motifs is 1. The summed E-state index contributed by atoms with van der Waals surface area (Å²) in [5, 5.41) is 11.9. The van der Waals surface area contributed by atoms with Crippen LogP contribution < -0.4 is 14.4 Å². The average molecular weight is 571 g/mol. The van der Waals surface area contributed by atoms with Crippen LogP contribution in [0.1, 0.15) is 60.5 Å². The van der Waals surface area contributed by atoms with E-state index in [1.807, 2.05) is 58.0 Å². The number of aromatic nitrogens is 1. The number of hydrogen-bond acceptors (Lipinski definition) is 7. The van der Waals surface area contributed by atoms with Crippen molar-refractivity contribution in [2.75, 3.05) is 18.1 Å². The van der Waals surface area contributed by atoms with Crippen LogP contribution in [0, 0.1) is 20.8 Å². The predicted octanol–water partition coefficient (Wildman–Crippen LogP) is 7.43. The Morgan fingerprint density at radius 2 is 1.71 bits per heavy atom. The molecular weight excluding hydrogens is 536 g/mol. The number of benzene rings is 3. The van der Waals surface area contributed by atoms with Crippen molar-refractivity contribution in [2.45, 2.75) is 53.5 Å². The Morgan fingerprint density at radius 1 is 0.951 bits per heavy atom. The fourth-order valence-corrected chi connectivity index (χ4v) is 6.25. The monoisotopic (exact) mass is 570 g/mol. The first kappa shape index (κ1) is 28.4. The fraction of sp³-hybridized carbons (Fsp3) is 0.303. The summed E-state index contributed by atoms with van der Waals surface area (Å²) >= 11 is 1.35. The van der Waals surface area contributed by atoms with E-state index in [9.17, 15) is 14.7 Å². The van der Waals surface area contributed by atoms with Gasteiger partial charge in [0.1, 0.15) is 5.76 Å². The minimum atomic E-state index is -0.915. The van der Waals surface area contributed by atoms with Gasteiger partial charge in [-0.3, -0.25) is 14.5 Å². The van der Waals surface area contributed by atoms with Gasteiger partial charge in [-0.05, 0) is 69.0 Å². The molecule has 1 amide bonds. The van der Waals surface area contributed by atoms with E-state index in [1.54, 1.807) is 24.3 Å². The van der Waals surface area contributed by atoms with E-state index in [0.29, 0.717) is 41.0 Å². The number of Topliss-reactive ketones (excluding diaryl/α,β-unsaturated/α-hetero) is 1. The zero-order valence-corrected chi connectivity index (χ0v) is 24.8. The number of hydrogen-bond donors (Lipinski definition) is 1. The Bertz CT molecular complexity index is 1650. The molecule has 3 aromatic carbocycles. The molecule has 8 heteroatoms. The highest BCUT2D eigenvalue weighted by molar-refractivity contribution is 7.22. The summed E-state index contributed by atoms with van der Waals surface area (Å²) in [5.41, 5.74) is 4.94. The van der Waals surface area contributed by atoms with Crippen molar-refractivity contribution in [3.63, 3.8) is 0 Å². The van der Waals surface area contributed by atoms with Gasteiger partial charge >= 0.3 is 5.91 Å². The second-order valence-electron chi connectivity index (χ2n) is 10.3. The van der Waals surface area contributed by atoms with Crippen LogP contribution in [-0.4, -0.2) is 35.0 Å². The maximum atomic E-state index is 13.7. The summed E-state index contributed by atoms with van der Waals surface area (Å²) < 4.78 is 12.8. The molecule has 0 bridgehead atoms. The van der Waals surface area contributed by atoms with Gasteiger partial charge in [0.15, 0.2) is 16.6 Å². The minimum absolute atomic E-state index is 0.00751. The Kier molecular flexibility index (Phi) is 8.13. The molecule has 0 spiro atoms. The zero-order chi connectivity index (χ0) is 29.3. The summed E-state index contributed by atoms with van der Waals surface area (Å²) in [6, 6.07) is 15.8. The summed E-state index contributed by atoms with van der Waals surface area (Å²) in [7, 11) is 0. The van der Waals surface area contributed by atoms with Crippen LogP contribution in [0.4, 0.5) is 5.13 Å². The van der Waals surface area contributed by atoms with Crippen LogP contribution in [0.5, 0.6) is 11.5 Å². The Balaban J connectivity index is 1.70. The van der Waals surface area contributed by atoms with Gasteiger partial charge < -0.3 is 14.6 Å². The summed E-state index contributed by atoms with van der Waals surface area (Å²) in [4.78, 5) is 33.6. The molecule has 0 radical (unpaired) electrons. The van der Waals surface area contributed by atoms with Gasteiger partial charge in [-0.1, -0.05) is 66.6 Å². The number of amides is 1. The Hall–Kier alpha value is -4.17. The number of thiazole rings is 1. The molecule has 0 aliphatic carbocycles. The number of aliphatic hydroxyl groups is 1. The average Bonchev–Trinajstić information content (AvgIpc) is 3.48. The van der Waals surface area contributed by atoms with E-state index in [-0.39, 0.29) is 11.3 Å². The molecule has 1 unspecified atom stereocenters. The topological polar surface area (TPSA) is 89.0 Å². The minimum Gasteiger partial charge on any atom is -0.507 e. The first-order valence-electron chi connectivity index (χ1n) is 13.9. The predicted molar refractivity (Wildman–Crippen MR) is 163 cm³/mol. The number of aliphatic hydroxyl groups excluding tert-OH is 1. The van der Waals surface area contributed by atoms with Gasteiger partial charge in [0.2, 0.25) is 0 Å². The van der Waals surface area contributed by atoms with Crippen LogP contribution in [0.25, 0.3) is 16.0 Å². The number of nitrogens with zero attached hydrogens (tertiary/aromatic N) is 2. The second-order valence-corrected chi connectivity index (χ2v) is 11.3. The molecule has 4 aromatic rings. The van der Waals surface area contributed by atoms with Crippen LogP contribution in [0.3, 0.4) is 0 Å². The van der Waals surface area contributed by atoms with Crippen LogP contribution in [0.15, 0.2) is 60.2 Å². The maximum absolute atomic E-state index is 13.7. The number of carbonyl (C=O) groups excluding carboxylic acids is 2. The molecule has 7 nitrogen and oxygen atoms in total. The molecule has 212 valence electrons. The van der Waals surface area contributed by atoms with Crippen LogP contribution >= 0.6 is 11.3 Å². The molecule has 41 heavy (non-hydrogen) atoms. The van der Waals surface area contributed by atoms with E-state index < -0.39 is 17.7 Å². The number of ketones is 1. The molecule has 0 saturated carbocycles. The number of aryl methyl sites for hydroxylation is 3. The molecule has 5 rings (SSSR count). The lowest BCUT2D eigenvalue weighted by Crippen LogP contribution is -2.29. The second kappa shape index (κ2) is 11.7. The lowest BCUT2D eigenvalue weighted by Gasteiger charge is -2.24. The van der Waals surface area contributed by atoms with E-state index in [1.165, 1.54) is 16.2 Å². The lowest BCUT2D eigenvalue weighted by atomic mass is 9.95. The molecule has 1 aromatic heterocycles. The first-order chi connectivity index (χ1) is 19.7. The van der Waals surface area contributed by atoms with Crippen molar-refractivity contribution in [3.8, 4) is 11.5 Å². The summed E-state index contributed by atoms with van der Waals surface area (Å²) in [5.74, 6) is -0.631. The standard InChI is InChI=1S/C33H34N2O5S/c1-6-8-15-40-24-14-13-23(18-25(24)39-7-2)29-27(30(36)22-11-9-19(3)10-12-22)31(37)32(38)35(29)33-34-28-21(5)16-20(4)17-26(28)41-33/h9-14,16-18,29,36H,6-8,15H2,1-5H3/b30-27+. The maximum Gasteiger partial charge on any atom is 0.301 e. The Labute approximate surface area is 244 Å². The summed E-state index contributed by atoms with van der Waals surface area (Å²) in [6.45, 7) is 10.9. The van der Waals surface area contributed by atoms with Crippen molar-refractivity contribution in [3.05, 3.63) is 88.0 Å². The van der Waals surface area contributed by atoms with Crippen molar-refractivity contribution in [1.82, 2.24) is 4.98 Å². The number of ether oxygens (including phenoxy) is 2. The zero-order valence-electron chi connectivity index (χ0n) is 24.0. The van der Waals surface area contributed by atoms with Gasteiger partial charge in [0.05, 0.1) is 35.0 Å². The number of unbranched alkanes of at least 4 members (excludes halogenated alkanes) is 1. The lowest BCUT2D eigenvalue weighted by molar-refractivity contribution is -0.132. The summed E-state index contributed by atoms with van der Waals surface area (Å²) in [6.07, 6.45) is 1.90. The fourth-order valence-electron chi connectivity index (χ4n) is 5.08. The van der Waals surface area contributed by atoms with Gasteiger partial charge in [-0.2, -0.15) is 0 Å². The van der Waals surface area contributed by atoms with Gasteiger partial charge in [0, 0.05) is 5.56 Å². The molecule has 2 heterocycles. The highest BCUT2D eigenvalue weighted by Gasteiger charge is 2.48. The molecule has 1 aliphatic heterocycles. The quantitative estimate of drug-likeness (QED) is 0.0975. The highest BCUT2D eigenvalue weighted by Crippen LogP contribution is 2.46. The first-order valence-corrected chi connectivity index (χ1v) is 14.7. The van der Waals surface area contributed by atoms with E-state index in [4.69, 9.17) is 14.5 Å². The number of anilines is 1. The SMILES string of the molecule is CCCCOc1ccc(C2/C(=C(\O)c3ccc(C)cc3)C(=O)C(=O)N2c2nc3c(C)cc(C)cc3s2)cc1OCC. The molecule has 1 saturated heterocycles. The van der Waals surface area contributed by atoms with E-state index in [0.717, 1.165) is 39.7 Å². The molecular formula is C33H34N2O5S. The van der Waals surface area contributed by atoms with E-state index >= 15 is 0 Å². The van der Waals surface area contributed by atoms with Crippen molar-refractivity contribution < 1.29 is 24.2 Å². The highest BCUT2D eigenvalue weighted by atomic mass is 32.1. The van der Waals surface area contributed by atoms with Crippen molar-refractivity contribution in [2.24, 2.45) is 0 Å². The third-order valence-corrected chi connectivity index (χ3v) is 8.13. The van der Waals surface area contributed by atoms with Crippen molar-refractivity contribution in [1.29, 1.82) is 0 Å². The number of carbonyl (C=O) groups is 2. The van der Waals surface area contributed by atoms with Gasteiger partial charge in [0.25, 0.3) is 5.78 Å². The van der Waals surface area contributed by atoms with Crippen LogP contribution in [0.2, 0.25) is 0 Å². The molecule has 1 N–H and O–H groups in total. The van der Waals surface area contributed by atoms with Crippen molar-refractivity contribution >= 4 is 44.1 Å². The van der Waals surface area contributed by atoms with Gasteiger partial charge in [-0.15, -0.1) is 0 Å². The number of rotatable bonds is 9.